The van der Waals surface area contributed by atoms with E-state index in [9.17, 15) is 13.2 Å². The molecule has 0 spiro atoms. The van der Waals surface area contributed by atoms with E-state index in [1.54, 1.807) is 0 Å². The number of halogens is 4. The van der Waals surface area contributed by atoms with Crippen molar-refractivity contribution in [1.29, 1.82) is 0 Å². The highest BCUT2D eigenvalue weighted by Gasteiger charge is 2.33. The zero-order chi connectivity index (χ0) is 8.48. The average Bonchev–Trinajstić information content (AvgIpc) is 2.32. The fourth-order valence-electron chi connectivity index (χ4n) is 0.572. The molecule has 0 fully saturated rings. The number of hydrogen-bond acceptors (Lipinski definition) is 1. The molecule has 0 radical (unpaired) electrons. The fourth-order valence-corrected chi connectivity index (χ4v) is 0.703. The van der Waals surface area contributed by atoms with E-state index < -0.39 is 11.9 Å². The summed E-state index contributed by atoms with van der Waals surface area (Å²) in [5, 5.41) is 0. The fraction of sp³-hybridized carbons (Fsp3) is 0.400. The molecule has 11 heavy (non-hydrogen) atoms. The molecule has 1 aromatic rings. The van der Waals surface area contributed by atoms with Gasteiger partial charge in [-0.25, -0.2) is 4.98 Å². The second-order valence-corrected chi connectivity index (χ2v) is 2.13. The monoisotopic (exact) mass is 184 g/mol. The van der Waals surface area contributed by atoms with E-state index in [1.807, 2.05) is 0 Å². The van der Waals surface area contributed by atoms with Gasteiger partial charge in [0.2, 0.25) is 0 Å². The summed E-state index contributed by atoms with van der Waals surface area (Å²) in [6, 6.07) is -0.0247. The summed E-state index contributed by atoms with van der Waals surface area (Å²) < 4.78 is 36.6. The molecule has 0 atom stereocenters. The summed E-state index contributed by atoms with van der Waals surface area (Å²) in [5.41, 5.74) is -0.918. The summed E-state index contributed by atoms with van der Waals surface area (Å²) in [4.78, 5) is 3.11. The molecule has 0 aromatic carbocycles. The van der Waals surface area contributed by atoms with Gasteiger partial charge in [0.15, 0.2) is 5.69 Å². The molecule has 0 saturated carbocycles. The van der Waals surface area contributed by atoms with E-state index in [4.69, 9.17) is 11.6 Å². The van der Waals surface area contributed by atoms with Gasteiger partial charge in [0.25, 0.3) is 0 Å². The summed E-state index contributed by atoms with van der Waals surface area (Å²) in [6.07, 6.45) is -2.49. The van der Waals surface area contributed by atoms with Crippen molar-refractivity contribution >= 4 is 11.6 Å². The molecular weight excluding hydrogens is 181 g/mol. The smallest absolute Gasteiger partial charge is 0.323 e. The summed E-state index contributed by atoms with van der Waals surface area (Å²) in [6.45, 7) is 0. The van der Waals surface area contributed by atoms with E-state index in [-0.39, 0.29) is 6.00 Å². The van der Waals surface area contributed by atoms with Gasteiger partial charge in [0, 0.05) is 6.20 Å². The van der Waals surface area contributed by atoms with Crippen LogP contribution >= 0.6 is 11.6 Å². The molecule has 2 nitrogen and oxygen atoms in total. The molecule has 0 amide bonds. The van der Waals surface area contributed by atoms with Crippen LogP contribution in [0.2, 0.25) is 0 Å². The topological polar surface area (TPSA) is 17.8 Å². The van der Waals surface area contributed by atoms with Gasteiger partial charge in [-0.15, -0.1) is 11.6 Å². The van der Waals surface area contributed by atoms with E-state index in [1.165, 1.54) is 0 Å². The van der Waals surface area contributed by atoms with Crippen molar-refractivity contribution in [2.45, 2.75) is 12.2 Å². The molecule has 0 unspecified atom stereocenters. The number of alkyl halides is 4. The normalized spacial score (nSPS) is 12.0. The summed E-state index contributed by atoms with van der Waals surface area (Å²) in [7, 11) is 0. The number of rotatable bonds is 1. The quantitative estimate of drug-likeness (QED) is 0.611. The molecule has 0 aliphatic rings. The van der Waals surface area contributed by atoms with Crippen molar-refractivity contribution in [1.82, 2.24) is 9.55 Å². The number of aromatic nitrogens is 2. The standard InChI is InChI=1S/C5H4ClF3N2/c6-2-11-1-4(10-3-11)5(7,8)9/h1,3H,2H2. The van der Waals surface area contributed by atoms with Gasteiger partial charge in [-0.1, -0.05) is 0 Å². The molecule has 6 heteroatoms. The molecule has 0 aliphatic heterocycles. The number of nitrogens with zero attached hydrogens (tertiary/aromatic N) is 2. The van der Waals surface area contributed by atoms with Crippen LogP contribution in [0.4, 0.5) is 13.2 Å². The first-order valence-corrected chi connectivity index (χ1v) is 3.22. The third-order valence-corrected chi connectivity index (χ3v) is 1.34. The van der Waals surface area contributed by atoms with Crippen LogP contribution in [0.5, 0.6) is 0 Å². The van der Waals surface area contributed by atoms with E-state index in [0.717, 1.165) is 17.1 Å². The maximum absolute atomic E-state index is 11.8. The average molecular weight is 185 g/mol. The largest absolute Gasteiger partial charge is 0.434 e. The van der Waals surface area contributed by atoms with Crippen LogP contribution in [0.3, 0.4) is 0 Å². The van der Waals surface area contributed by atoms with Crippen LogP contribution in [-0.2, 0) is 12.2 Å². The molecule has 62 valence electrons. The van der Waals surface area contributed by atoms with Crippen molar-refractivity contribution < 1.29 is 13.2 Å². The molecular formula is C5H4ClF3N2. The van der Waals surface area contributed by atoms with Crippen molar-refractivity contribution in [2.75, 3.05) is 0 Å². The zero-order valence-electron chi connectivity index (χ0n) is 5.27. The van der Waals surface area contributed by atoms with Crippen LogP contribution in [0.15, 0.2) is 12.5 Å². The van der Waals surface area contributed by atoms with Gasteiger partial charge in [-0.05, 0) is 0 Å². The first kappa shape index (κ1) is 8.39. The van der Waals surface area contributed by atoms with Gasteiger partial charge in [-0.3, -0.25) is 0 Å². The number of hydrogen-bond donors (Lipinski definition) is 0. The molecule has 0 N–H and O–H groups in total. The van der Waals surface area contributed by atoms with Gasteiger partial charge in [0.05, 0.1) is 12.3 Å². The Kier molecular flexibility index (Phi) is 2.08. The lowest BCUT2D eigenvalue weighted by molar-refractivity contribution is -0.140. The highest BCUT2D eigenvalue weighted by atomic mass is 35.5. The summed E-state index contributed by atoms with van der Waals surface area (Å²) >= 11 is 5.25. The molecule has 1 aromatic heterocycles. The van der Waals surface area contributed by atoms with E-state index in [0.29, 0.717) is 0 Å². The van der Waals surface area contributed by atoms with Crippen LogP contribution in [-0.4, -0.2) is 9.55 Å². The lowest BCUT2D eigenvalue weighted by atomic mass is 10.5. The van der Waals surface area contributed by atoms with E-state index in [2.05, 4.69) is 4.98 Å². The van der Waals surface area contributed by atoms with Crippen molar-refractivity contribution in [3.8, 4) is 0 Å². The Morgan fingerprint density at radius 3 is 2.45 bits per heavy atom. The Hall–Kier alpha value is -0.710. The van der Waals surface area contributed by atoms with Gasteiger partial charge in [0.1, 0.15) is 0 Å². The van der Waals surface area contributed by atoms with Gasteiger partial charge < -0.3 is 4.57 Å². The van der Waals surface area contributed by atoms with Crippen LogP contribution < -0.4 is 0 Å². The van der Waals surface area contributed by atoms with Crippen LogP contribution in [0.25, 0.3) is 0 Å². The Bertz CT molecular complexity index is 242. The first-order chi connectivity index (χ1) is 5.04. The molecule has 0 aliphatic carbocycles. The molecule has 0 saturated heterocycles. The van der Waals surface area contributed by atoms with Gasteiger partial charge in [-0.2, -0.15) is 13.2 Å². The maximum Gasteiger partial charge on any atom is 0.434 e. The maximum atomic E-state index is 11.8. The lowest BCUT2D eigenvalue weighted by Crippen LogP contribution is -2.04. The predicted octanol–water partition coefficient (Wildman–Crippen LogP) is 2.10. The SMILES string of the molecule is FC(F)(F)c1cn(CCl)cn1. The Labute approximate surface area is 65.6 Å². The van der Waals surface area contributed by atoms with E-state index >= 15 is 0 Å². The van der Waals surface area contributed by atoms with Crippen molar-refractivity contribution in [3.05, 3.63) is 18.2 Å². The minimum absolute atomic E-state index is 0.0247. The Morgan fingerprint density at radius 2 is 2.18 bits per heavy atom. The van der Waals surface area contributed by atoms with Crippen molar-refractivity contribution in [3.63, 3.8) is 0 Å². The second-order valence-electron chi connectivity index (χ2n) is 1.89. The molecule has 1 heterocycles. The number of imidazole rings is 1. The second kappa shape index (κ2) is 2.73. The predicted molar refractivity (Wildman–Crippen MR) is 33.1 cm³/mol. The minimum atomic E-state index is -4.38. The van der Waals surface area contributed by atoms with Crippen molar-refractivity contribution in [2.24, 2.45) is 0 Å². The first-order valence-electron chi connectivity index (χ1n) is 2.69. The lowest BCUT2D eigenvalue weighted by Gasteiger charge is -1.99. The zero-order valence-corrected chi connectivity index (χ0v) is 6.02. The third-order valence-electron chi connectivity index (χ3n) is 1.06. The molecule has 0 bridgehead atoms. The Balaban J connectivity index is 2.89. The minimum Gasteiger partial charge on any atom is -0.323 e. The third kappa shape index (κ3) is 1.86. The van der Waals surface area contributed by atoms with Crippen LogP contribution in [0.1, 0.15) is 5.69 Å². The Morgan fingerprint density at radius 1 is 1.55 bits per heavy atom. The molecule has 1 rings (SSSR count). The van der Waals surface area contributed by atoms with Crippen LogP contribution in [0, 0.1) is 0 Å². The highest BCUT2D eigenvalue weighted by Crippen LogP contribution is 2.27. The summed E-state index contributed by atoms with van der Waals surface area (Å²) in [5.74, 6) is 0. The van der Waals surface area contributed by atoms with Gasteiger partial charge >= 0.3 is 6.18 Å². The highest BCUT2D eigenvalue weighted by molar-refractivity contribution is 6.15.